The molecule has 1 amide bonds. The second kappa shape index (κ2) is 7.68. The van der Waals surface area contributed by atoms with E-state index >= 15 is 0 Å². The molecular formula is C20H22N2O2S2. The van der Waals surface area contributed by atoms with Crippen LogP contribution in [0.25, 0.3) is 10.8 Å². The highest BCUT2D eigenvalue weighted by Crippen LogP contribution is 2.33. The van der Waals surface area contributed by atoms with Crippen molar-refractivity contribution in [3.63, 3.8) is 0 Å². The van der Waals surface area contributed by atoms with Crippen molar-refractivity contribution in [1.29, 1.82) is 0 Å². The lowest BCUT2D eigenvalue weighted by atomic mass is 10.1. The maximum Gasteiger partial charge on any atom is 0.410 e. The van der Waals surface area contributed by atoms with Gasteiger partial charge < -0.3 is 9.64 Å². The molecule has 6 heteroatoms. The van der Waals surface area contributed by atoms with Crippen molar-refractivity contribution in [2.45, 2.75) is 42.2 Å². The van der Waals surface area contributed by atoms with E-state index in [-0.39, 0.29) is 6.09 Å². The molecule has 0 saturated heterocycles. The average Bonchev–Trinajstić information content (AvgIpc) is 3.00. The summed E-state index contributed by atoms with van der Waals surface area (Å²) in [6.07, 6.45) is 1.50. The summed E-state index contributed by atoms with van der Waals surface area (Å²) in [5, 5.41) is 2.45. The normalized spacial score (nSPS) is 11.5. The zero-order valence-corrected chi connectivity index (χ0v) is 17.0. The summed E-state index contributed by atoms with van der Waals surface area (Å²) in [5.41, 5.74) is -0.490. The van der Waals surface area contributed by atoms with Gasteiger partial charge in [-0.3, -0.25) is 0 Å². The first-order valence-electron chi connectivity index (χ1n) is 8.36. The third kappa shape index (κ3) is 4.99. The molecule has 0 N–H and O–H groups in total. The molecule has 0 spiro atoms. The topological polar surface area (TPSA) is 42.4 Å². The van der Waals surface area contributed by atoms with Crippen LogP contribution >= 0.6 is 23.1 Å². The van der Waals surface area contributed by atoms with Gasteiger partial charge in [0.05, 0.1) is 6.54 Å². The summed E-state index contributed by atoms with van der Waals surface area (Å²) in [7, 11) is 1.74. The number of nitrogens with zero attached hydrogens (tertiary/aromatic N) is 2. The quantitative estimate of drug-likeness (QED) is 0.567. The Labute approximate surface area is 162 Å². The Kier molecular flexibility index (Phi) is 5.53. The molecule has 0 bridgehead atoms. The summed E-state index contributed by atoms with van der Waals surface area (Å²) in [4.78, 5) is 20.3. The lowest BCUT2D eigenvalue weighted by Crippen LogP contribution is -2.33. The van der Waals surface area contributed by atoms with Crippen LogP contribution in [-0.4, -0.2) is 28.6 Å². The van der Waals surface area contributed by atoms with Gasteiger partial charge in [0, 0.05) is 23.0 Å². The van der Waals surface area contributed by atoms with Crippen LogP contribution in [0.5, 0.6) is 0 Å². The number of ether oxygens (including phenoxy) is 1. The van der Waals surface area contributed by atoms with E-state index in [2.05, 4.69) is 35.3 Å². The largest absolute Gasteiger partial charge is 0.444 e. The molecule has 1 heterocycles. The molecule has 0 aliphatic carbocycles. The molecule has 1 aromatic heterocycles. The minimum Gasteiger partial charge on any atom is -0.444 e. The van der Waals surface area contributed by atoms with E-state index in [0.717, 1.165) is 14.1 Å². The summed E-state index contributed by atoms with van der Waals surface area (Å²) < 4.78 is 6.35. The van der Waals surface area contributed by atoms with E-state index in [4.69, 9.17) is 4.74 Å². The number of rotatable bonds is 4. The SMILES string of the molecule is CN(Cc1cnc(Sc2ccc3ccccc3c2)s1)C(=O)OC(C)(C)C. The number of aromatic nitrogens is 1. The zero-order chi connectivity index (χ0) is 18.7. The molecule has 0 unspecified atom stereocenters. The predicted octanol–water partition coefficient (Wildman–Crippen LogP) is 5.81. The third-order valence-electron chi connectivity index (χ3n) is 3.56. The van der Waals surface area contributed by atoms with Crippen molar-refractivity contribution in [3.05, 3.63) is 53.5 Å². The third-order valence-corrected chi connectivity index (χ3v) is 5.60. The van der Waals surface area contributed by atoms with Gasteiger partial charge in [0.25, 0.3) is 0 Å². The Hall–Kier alpha value is -2.05. The van der Waals surface area contributed by atoms with Crippen LogP contribution < -0.4 is 0 Å². The fourth-order valence-electron chi connectivity index (χ4n) is 2.38. The van der Waals surface area contributed by atoms with Crippen LogP contribution in [0.15, 0.2) is 57.9 Å². The van der Waals surface area contributed by atoms with Crippen molar-refractivity contribution in [2.24, 2.45) is 0 Å². The average molecular weight is 387 g/mol. The van der Waals surface area contributed by atoms with Gasteiger partial charge in [-0.25, -0.2) is 9.78 Å². The molecule has 2 aromatic carbocycles. The van der Waals surface area contributed by atoms with Crippen LogP contribution in [0.1, 0.15) is 25.6 Å². The number of carbonyl (C=O) groups is 1. The highest BCUT2D eigenvalue weighted by molar-refractivity contribution is 8.01. The van der Waals surface area contributed by atoms with Crippen molar-refractivity contribution in [1.82, 2.24) is 9.88 Å². The lowest BCUT2D eigenvalue weighted by molar-refractivity contribution is 0.0286. The van der Waals surface area contributed by atoms with Gasteiger partial charge in [-0.1, -0.05) is 42.1 Å². The summed E-state index contributed by atoms with van der Waals surface area (Å²) in [6.45, 7) is 6.09. The minimum atomic E-state index is -0.490. The standard InChI is InChI=1S/C20H22N2O2S2/c1-20(2,3)24-19(23)22(4)13-17-12-21-18(26-17)25-16-10-9-14-7-5-6-8-15(14)11-16/h5-12H,13H2,1-4H3. The molecule has 0 saturated carbocycles. The van der Waals surface area contributed by atoms with Gasteiger partial charge in [-0.15, -0.1) is 11.3 Å². The minimum absolute atomic E-state index is 0.324. The van der Waals surface area contributed by atoms with Crippen molar-refractivity contribution in [3.8, 4) is 0 Å². The van der Waals surface area contributed by atoms with E-state index < -0.39 is 5.60 Å². The summed E-state index contributed by atoms with van der Waals surface area (Å²) in [5.74, 6) is 0. The van der Waals surface area contributed by atoms with E-state index in [1.807, 2.05) is 39.1 Å². The highest BCUT2D eigenvalue weighted by Gasteiger charge is 2.20. The monoisotopic (exact) mass is 386 g/mol. The Morgan fingerprint density at radius 3 is 2.65 bits per heavy atom. The fourth-order valence-corrected chi connectivity index (χ4v) is 4.48. The first-order valence-corrected chi connectivity index (χ1v) is 9.99. The predicted molar refractivity (Wildman–Crippen MR) is 108 cm³/mol. The van der Waals surface area contributed by atoms with Gasteiger partial charge in [-0.05, 0) is 43.7 Å². The van der Waals surface area contributed by atoms with Crippen molar-refractivity contribution in [2.75, 3.05) is 7.05 Å². The first kappa shape index (κ1) is 18.7. The first-order chi connectivity index (χ1) is 12.3. The van der Waals surface area contributed by atoms with Crippen LogP contribution in [0.4, 0.5) is 4.79 Å². The summed E-state index contributed by atoms with van der Waals surface area (Å²) >= 11 is 3.24. The van der Waals surface area contributed by atoms with Gasteiger partial charge in [0.1, 0.15) is 5.60 Å². The molecular weight excluding hydrogens is 364 g/mol. The maximum absolute atomic E-state index is 12.1. The van der Waals surface area contributed by atoms with Gasteiger partial charge in [0.2, 0.25) is 0 Å². The highest BCUT2D eigenvalue weighted by atomic mass is 32.2. The molecule has 4 nitrogen and oxygen atoms in total. The zero-order valence-electron chi connectivity index (χ0n) is 15.4. The number of hydrogen-bond donors (Lipinski definition) is 0. The molecule has 0 fully saturated rings. The molecule has 3 aromatic rings. The van der Waals surface area contributed by atoms with Gasteiger partial charge in [-0.2, -0.15) is 0 Å². The Bertz CT molecular complexity index is 915. The molecule has 26 heavy (non-hydrogen) atoms. The number of carbonyl (C=O) groups excluding carboxylic acids is 1. The van der Waals surface area contributed by atoms with Crippen LogP contribution in [0, 0.1) is 0 Å². The van der Waals surface area contributed by atoms with Crippen molar-refractivity contribution < 1.29 is 9.53 Å². The fraction of sp³-hybridized carbons (Fsp3) is 0.300. The Morgan fingerprint density at radius 2 is 1.92 bits per heavy atom. The van der Waals surface area contributed by atoms with Gasteiger partial charge in [0.15, 0.2) is 4.34 Å². The van der Waals surface area contributed by atoms with Crippen molar-refractivity contribution >= 4 is 40.0 Å². The molecule has 0 radical (unpaired) electrons. The molecule has 0 aliphatic heterocycles. The van der Waals surface area contributed by atoms with E-state index in [1.165, 1.54) is 10.8 Å². The Morgan fingerprint density at radius 1 is 1.19 bits per heavy atom. The Balaban J connectivity index is 1.64. The number of benzene rings is 2. The molecule has 136 valence electrons. The number of hydrogen-bond acceptors (Lipinski definition) is 5. The number of amides is 1. The van der Waals surface area contributed by atoms with Crippen LogP contribution in [0.3, 0.4) is 0 Å². The van der Waals surface area contributed by atoms with Crippen LogP contribution in [-0.2, 0) is 11.3 Å². The maximum atomic E-state index is 12.1. The molecule has 0 atom stereocenters. The second-order valence-electron chi connectivity index (χ2n) is 7.04. The van der Waals surface area contributed by atoms with Gasteiger partial charge >= 0.3 is 6.09 Å². The smallest absolute Gasteiger partial charge is 0.410 e. The van der Waals surface area contributed by atoms with E-state index in [1.54, 1.807) is 35.0 Å². The van der Waals surface area contributed by atoms with Crippen LogP contribution in [0.2, 0.25) is 0 Å². The van der Waals surface area contributed by atoms with E-state index in [0.29, 0.717) is 6.54 Å². The molecule has 0 aliphatic rings. The molecule has 3 rings (SSSR count). The number of thiazole rings is 1. The number of fused-ring (bicyclic) bond motifs is 1. The second-order valence-corrected chi connectivity index (χ2v) is 9.48. The lowest BCUT2D eigenvalue weighted by Gasteiger charge is -2.24. The summed E-state index contributed by atoms with van der Waals surface area (Å²) in [6, 6.07) is 14.7. The van der Waals surface area contributed by atoms with E-state index in [9.17, 15) is 4.79 Å².